The van der Waals surface area contributed by atoms with E-state index >= 15 is 0 Å². The van der Waals surface area contributed by atoms with E-state index in [1.165, 1.54) is 0 Å². The van der Waals surface area contributed by atoms with E-state index in [4.69, 9.17) is 16.0 Å². The highest BCUT2D eigenvalue weighted by Gasteiger charge is 2.13. The Morgan fingerprint density at radius 1 is 1.35 bits per heavy atom. The number of aromatic nitrogens is 2. The first-order valence-corrected chi connectivity index (χ1v) is 11.9. The Kier molecular flexibility index (Phi) is 4.44. The van der Waals surface area contributed by atoms with Gasteiger partial charge in [-0.25, -0.2) is 4.98 Å². The van der Waals surface area contributed by atoms with Gasteiger partial charge in [-0.15, -0.1) is 16.9 Å². The number of hydrogen-bond acceptors (Lipinski definition) is 5. The van der Waals surface area contributed by atoms with Crippen LogP contribution in [0.4, 0.5) is 5.82 Å². The van der Waals surface area contributed by atoms with Gasteiger partial charge in [0.1, 0.15) is 25.2 Å². The van der Waals surface area contributed by atoms with E-state index in [1.54, 1.807) is 17.6 Å². The van der Waals surface area contributed by atoms with Gasteiger partial charge in [0.05, 0.1) is 23.1 Å². The monoisotopic (exact) mass is 361 g/mol. The first-order valence-electron chi connectivity index (χ1n) is 7.16. The Morgan fingerprint density at radius 2 is 2.17 bits per heavy atom. The Balaban J connectivity index is 1.96. The number of thiophene rings is 1. The van der Waals surface area contributed by atoms with Gasteiger partial charge in [-0.1, -0.05) is 25.6 Å². The predicted octanol–water partition coefficient (Wildman–Crippen LogP) is 4.78. The largest absolute Gasteiger partial charge is 0.467 e. The highest BCUT2D eigenvalue weighted by molar-refractivity contribution is 7.18. The molecule has 0 saturated carbocycles. The van der Waals surface area contributed by atoms with E-state index in [-0.39, 0.29) is 5.28 Å². The van der Waals surface area contributed by atoms with Gasteiger partial charge in [0.15, 0.2) is 0 Å². The maximum Gasteiger partial charge on any atom is 0.225 e. The Labute approximate surface area is 144 Å². The number of nitrogens with one attached hydrogen (secondary N) is 1. The summed E-state index contributed by atoms with van der Waals surface area (Å²) in [5.41, 5.74) is 5.09. The zero-order valence-corrected chi connectivity index (χ0v) is 15.7. The van der Waals surface area contributed by atoms with Crippen LogP contribution in [0, 0.1) is 11.5 Å². The summed E-state index contributed by atoms with van der Waals surface area (Å²) in [6.07, 6.45) is 1.65. The lowest BCUT2D eigenvalue weighted by atomic mass is 10.3. The van der Waals surface area contributed by atoms with Crippen LogP contribution in [0.25, 0.3) is 10.2 Å². The molecule has 0 amide bonds. The summed E-state index contributed by atoms with van der Waals surface area (Å²) < 4.78 is 6.28. The molecular weight excluding hydrogens is 346 g/mol. The molecule has 118 valence electrons. The van der Waals surface area contributed by atoms with Gasteiger partial charge < -0.3 is 9.73 Å². The lowest BCUT2D eigenvalue weighted by molar-refractivity contribution is 0.518. The summed E-state index contributed by atoms with van der Waals surface area (Å²) in [5, 5.41) is 5.49. The first-order chi connectivity index (χ1) is 10.9. The molecular formula is C16H16ClN3OSSi. The molecule has 4 nitrogen and oxygen atoms in total. The van der Waals surface area contributed by atoms with E-state index in [1.807, 2.05) is 17.5 Å². The molecule has 0 saturated heterocycles. The summed E-state index contributed by atoms with van der Waals surface area (Å²) in [7, 11) is -1.44. The van der Waals surface area contributed by atoms with Gasteiger partial charge in [-0.05, 0) is 23.7 Å². The third-order valence-corrected chi connectivity index (χ3v) is 4.99. The summed E-state index contributed by atoms with van der Waals surface area (Å²) in [6.45, 7) is 7.19. The number of rotatable bonds is 3. The van der Waals surface area contributed by atoms with Crippen molar-refractivity contribution in [1.82, 2.24) is 9.97 Å². The summed E-state index contributed by atoms with van der Waals surface area (Å²) >= 11 is 7.66. The smallest absolute Gasteiger partial charge is 0.225 e. The minimum absolute atomic E-state index is 0.217. The highest BCUT2D eigenvalue weighted by atomic mass is 35.5. The third-order valence-electron chi connectivity index (χ3n) is 2.97. The minimum Gasteiger partial charge on any atom is -0.467 e. The van der Waals surface area contributed by atoms with Crippen LogP contribution in [-0.4, -0.2) is 18.0 Å². The normalized spacial score (nSPS) is 11.3. The second-order valence-electron chi connectivity index (χ2n) is 6.10. The molecule has 3 heterocycles. The highest BCUT2D eigenvalue weighted by Crippen LogP contribution is 2.31. The second-order valence-corrected chi connectivity index (χ2v) is 12.1. The molecule has 1 N–H and O–H groups in total. The van der Waals surface area contributed by atoms with E-state index < -0.39 is 8.07 Å². The van der Waals surface area contributed by atoms with Gasteiger partial charge in [0, 0.05) is 5.38 Å². The lowest BCUT2D eigenvalue weighted by Gasteiger charge is -2.05. The molecule has 0 spiro atoms. The molecule has 0 aliphatic rings. The summed E-state index contributed by atoms with van der Waals surface area (Å²) in [5.74, 6) is 4.81. The molecule has 0 radical (unpaired) electrons. The lowest BCUT2D eigenvalue weighted by Crippen LogP contribution is -2.16. The molecule has 7 heteroatoms. The Bertz CT molecular complexity index is 888. The van der Waals surface area contributed by atoms with Crippen molar-refractivity contribution in [3.05, 3.63) is 40.4 Å². The average Bonchev–Trinajstić information content (AvgIpc) is 3.11. The van der Waals surface area contributed by atoms with E-state index in [2.05, 4.69) is 46.4 Å². The number of furan rings is 1. The predicted molar refractivity (Wildman–Crippen MR) is 98.7 cm³/mol. The van der Waals surface area contributed by atoms with Crippen LogP contribution in [0.1, 0.15) is 11.3 Å². The number of hydrogen-bond donors (Lipinski definition) is 1. The molecule has 3 aromatic heterocycles. The van der Waals surface area contributed by atoms with Gasteiger partial charge in [-0.3, -0.25) is 0 Å². The molecule has 3 rings (SSSR count). The first kappa shape index (κ1) is 16.1. The van der Waals surface area contributed by atoms with Crippen molar-refractivity contribution in [1.29, 1.82) is 0 Å². The summed E-state index contributed by atoms with van der Waals surface area (Å²) in [4.78, 5) is 8.65. The fourth-order valence-electron chi connectivity index (χ4n) is 1.94. The Hall–Kier alpha value is -1.81. The molecule has 0 aromatic carbocycles. The van der Waals surface area contributed by atoms with Gasteiger partial charge in [-0.2, -0.15) is 4.98 Å². The average molecular weight is 362 g/mol. The fraction of sp³-hybridized carbons (Fsp3) is 0.250. The molecule has 3 aromatic rings. The quantitative estimate of drug-likeness (QED) is 0.414. The molecule has 0 atom stereocenters. The van der Waals surface area contributed by atoms with Crippen LogP contribution in [0.2, 0.25) is 24.9 Å². The van der Waals surface area contributed by atoms with Crippen LogP contribution in [0.15, 0.2) is 28.2 Å². The molecule has 23 heavy (non-hydrogen) atoms. The van der Waals surface area contributed by atoms with Crippen LogP contribution in [-0.2, 0) is 6.54 Å². The molecule has 0 unspecified atom stereocenters. The van der Waals surface area contributed by atoms with Crippen LogP contribution >= 0.6 is 22.9 Å². The number of nitrogens with zero attached hydrogens (tertiary/aromatic N) is 2. The fourth-order valence-corrected chi connectivity index (χ4v) is 3.52. The van der Waals surface area contributed by atoms with Gasteiger partial charge >= 0.3 is 0 Å². The zero-order chi connectivity index (χ0) is 16.4. The van der Waals surface area contributed by atoms with Crippen molar-refractivity contribution in [3.8, 4) is 11.5 Å². The Morgan fingerprint density at radius 3 is 2.87 bits per heavy atom. The maximum atomic E-state index is 6.08. The van der Waals surface area contributed by atoms with Crippen molar-refractivity contribution in [2.75, 3.05) is 5.32 Å². The molecule has 0 aliphatic heterocycles. The summed E-state index contributed by atoms with van der Waals surface area (Å²) in [6, 6.07) is 3.76. The number of halogens is 1. The topological polar surface area (TPSA) is 51.0 Å². The third kappa shape index (κ3) is 3.94. The van der Waals surface area contributed by atoms with Crippen molar-refractivity contribution >= 4 is 47.0 Å². The standard InChI is InChI=1S/C16H16ClN3OSSi/c1-23(2,3)8-6-11-10-22-14-13(11)19-16(17)20-15(14)18-9-12-5-4-7-21-12/h4-5,7,10H,9H2,1-3H3,(H,18,19,20). The number of fused-ring (bicyclic) bond motifs is 1. The van der Waals surface area contributed by atoms with Crippen LogP contribution in [0.3, 0.4) is 0 Å². The van der Waals surface area contributed by atoms with E-state index in [0.29, 0.717) is 12.4 Å². The molecule has 0 aliphatic carbocycles. The zero-order valence-electron chi connectivity index (χ0n) is 13.1. The second kappa shape index (κ2) is 6.36. The minimum atomic E-state index is -1.44. The van der Waals surface area contributed by atoms with Crippen molar-refractivity contribution < 1.29 is 4.42 Å². The SMILES string of the molecule is C[Si](C)(C)C#Cc1csc2c(NCc3ccco3)nc(Cl)nc12. The van der Waals surface area contributed by atoms with Crippen molar-refractivity contribution in [3.63, 3.8) is 0 Å². The molecule has 0 bridgehead atoms. The van der Waals surface area contributed by atoms with E-state index in [9.17, 15) is 0 Å². The van der Waals surface area contributed by atoms with E-state index in [0.717, 1.165) is 21.5 Å². The number of anilines is 1. The van der Waals surface area contributed by atoms with Gasteiger partial charge in [0.2, 0.25) is 5.28 Å². The van der Waals surface area contributed by atoms with Crippen molar-refractivity contribution in [2.45, 2.75) is 26.2 Å². The van der Waals surface area contributed by atoms with Crippen LogP contribution in [0.5, 0.6) is 0 Å². The van der Waals surface area contributed by atoms with Crippen LogP contribution < -0.4 is 5.32 Å². The van der Waals surface area contributed by atoms with Crippen molar-refractivity contribution in [2.24, 2.45) is 0 Å². The molecule has 0 fully saturated rings. The van der Waals surface area contributed by atoms with Gasteiger partial charge in [0.25, 0.3) is 0 Å². The maximum absolute atomic E-state index is 6.08.